The molecule has 1 aromatic rings. The number of nitrogens with one attached hydrogen (secondary N) is 1. The molecule has 0 atom stereocenters. The largest absolute Gasteiger partial charge is 0.391 e. The van der Waals surface area contributed by atoms with Crippen LogP contribution in [0.15, 0.2) is 0 Å². The topological polar surface area (TPSA) is 37.8 Å². The summed E-state index contributed by atoms with van der Waals surface area (Å²) in [5, 5.41) is 13.6. The molecule has 7 heteroatoms. The third-order valence-corrected chi connectivity index (χ3v) is 5.16. The quantitative estimate of drug-likeness (QED) is 0.807. The maximum Gasteiger partial charge on any atom is 0.391 e. The van der Waals surface area contributed by atoms with Crippen LogP contribution in [0.2, 0.25) is 0 Å². The summed E-state index contributed by atoms with van der Waals surface area (Å²) in [5.41, 5.74) is 0. The molecular formula is C14H22F3N3S. The van der Waals surface area contributed by atoms with Gasteiger partial charge >= 0.3 is 6.18 Å². The van der Waals surface area contributed by atoms with Crippen LogP contribution in [0.4, 0.5) is 13.2 Å². The molecule has 1 fully saturated rings. The van der Waals surface area contributed by atoms with Crippen molar-refractivity contribution in [1.29, 1.82) is 0 Å². The fraction of sp³-hybridized carbons (Fsp3) is 0.857. The average molecular weight is 321 g/mol. The first kappa shape index (κ1) is 16.7. The highest BCUT2D eigenvalue weighted by Crippen LogP contribution is 2.43. The molecule has 1 aliphatic rings. The van der Waals surface area contributed by atoms with Gasteiger partial charge in [-0.3, -0.25) is 0 Å². The Balaban J connectivity index is 1.80. The zero-order valence-corrected chi connectivity index (χ0v) is 13.1. The lowest BCUT2D eigenvalue weighted by Gasteiger charge is -2.28. The van der Waals surface area contributed by atoms with Gasteiger partial charge in [0, 0.05) is 12.3 Å². The van der Waals surface area contributed by atoms with E-state index in [-0.39, 0.29) is 18.8 Å². The van der Waals surface area contributed by atoms with E-state index in [1.807, 2.05) is 0 Å². The average Bonchev–Trinajstić information content (AvgIpc) is 2.92. The van der Waals surface area contributed by atoms with Crippen molar-refractivity contribution in [2.75, 3.05) is 13.1 Å². The van der Waals surface area contributed by atoms with Gasteiger partial charge in [-0.25, -0.2) is 0 Å². The molecule has 120 valence electrons. The summed E-state index contributed by atoms with van der Waals surface area (Å²) in [7, 11) is 0. The second kappa shape index (κ2) is 7.54. The molecule has 1 aromatic heterocycles. The van der Waals surface area contributed by atoms with Gasteiger partial charge in [-0.15, -0.1) is 21.5 Å². The van der Waals surface area contributed by atoms with Gasteiger partial charge in [0.2, 0.25) is 0 Å². The fourth-order valence-electron chi connectivity index (χ4n) is 2.74. The Hall–Kier alpha value is -0.690. The lowest BCUT2D eigenvalue weighted by molar-refractivity contribution is -0.182. The molecule has 1 saturated carbocycles. The molecule has 1 aliphatic carbocycles. The lowest BCUT2D eigenvalue weighted by Crippen LogP contribution is -2.27. The standard InChI is InChI=1S/C14H22F3N3S/c1-2-18-9-3-4-12-19-20-13(21-12)10-5-7-11(8-6-10)14(15,16)17/h10-11,18H,2-9H2,1H3. The summed E-state index contributed by atoms with van der Waals surface area (Å²) in [6, 6.07) is 0. The zero-order chi connectivity index (χ0) is 15.3. The van der Waals surface area contributed by atoms with E-state index in [0.717, 1.165) is 35.9 Å². The summed E-state index contributed by atoms with van der Waals surface area (Å²) in [5.74, 6) is -0.954. The number of alkyl halides is 3. The molecule has 0 aromatic carbocycles. The number of nitrogens with zero attached hydrogens (tertiary/aromatic N) is 2. The van der Waals surface area contributed by atoms with Crippen LogP contribution in [0.3, 0.4) is 0 Å². The van der Waals surface area contributed by atoms with Crippen molar-refractivity contribution in [1.82, 2.24) is 15.5 Å². The van der Waals surface area contributed by atoms with Gasteiger partial charge in [-0.1, -0.05) is 6.92 Å². The highest BCUT2D eigenvalue weighted by Gasteiger charge is 2.42. The van der Waals surface area contributed by atoms with Crippen LogP contribution in [0.5, 0.6) is 0 Å². The van der Waals surface area contributed by atoms with E-state index in [1.54, 1.807) is 11.3 Å². The SMILES string of the molecule is CCNCCCc1nnc(C2CCC(C(F)(F)F)CC2)s1. The van der Waals surface area contributed by atoms with E-state index in [4.69, 9.17) is 0 Å². The normalized spacial score (nSPS) is 23.4. The third-order valence-electron chi connectivity index (χ3n) is 4.02. The van der Waals surface area contributed by atoms with Crippen molar-refractivity contribution in [2.45, 2.75) is 57.5 Å². The van der Waals surface area contributed by atoms with E-state index in [9.17, 15) is 13.2 Å². The van der Waals surface area contributed by atoms with Crippen molar-refractivity contribution in [3.05, 3.63) is 10.0 Å². The number of halogens is 3. The Labute approximate surface area is 127 Å². The van der Waals surface area contributed by atoms with Gasteiger partial charge in [-0.2, -0.15) is 13.2 Å². The van der Waals surface area contributed by atoms with E-state index in [0.29, 0.717) is 12.8 Å². The number of hydrogen-bond donors (Lipinski definition) is 1. The summed E-state index contributed by atoms with van der Waals surface area (Å²) in [6.45, 7) is 3.99. The molecule has 2 rings (SSSR count). The molecule has 3 nitrogen and oxygen atoms in total. The van der Waals surface area contributed by atoms with Crippen LogP contribution >= 0.6 is 11.3 Å². The second-order valence-corrected chi connectivity index (χ2v) is 6.67. The lowest BCUT2D eigenvalue weighted by atomic mass is 9.82. The van der Waals surface area contributed by atoms with E-state index in [2.05, 4.69) is 22.4 Å². The van der Waals surface area contributed by atoms with Crippen LogP contribution in [0.25, 0.3) is 0 Å². The summed E-state index contributed by atoms with van der Waals surface area (Å²) >= 11 is 1.57. The fourth-order valence-corrected chi connectivity index (χ4v) is 3.80. The van der Waals surface area contributed by atoms with Crippen LogP contribution in [0, 0.1) is 5.92 Å². The second-order valence-electron chi connectivity index (χ2n) is 5.58. The maximum absolute atomic E-state index is 12.6. The highest BCUT2D eigenvalue weighted by atomic mass is 32.1. The molecular weight excluding hydrogens is 299 g/mol. The van der Waals surface area contributed by atoms with Gasteiger partial charge in [0.05, 0.1) is 5.92 Å². The molecule has 0 bridgehead atoms. The molecule has 0 saturated heterocycles. The first-order chi connectivity index (χ1) is 10.0. The number of aryl methyl sites for hydroxylation is 1. The van der Waals surface area contributed by atoms with Crippen LogP contribution < -0.4 is 5.32 Å². The van der Waals surface area contributed by atoms with Crippen molar-refractivity contribution < 1.29 is 13.2 Å². The zero-order valence-electron chi connectivity index (χ0n) is 12.2. The summed E-state index contributed by atoms with van der Waals surface area (Å²) in [6.07, 6.45) is -0.519. The number of aromatic nitrogens is 2. The van der Waals surface area contributed by atoms with Crippen molar-refractivity contribution in [3.63, 3.8) is 0 Å². The van der Waals surface area contributed by atoms with E-state index >= 15 is 0 Å². The Morgan fingerprint density at radius 3 is 2.52 bits per heavy atom. The van der Waals surface area contributed by atoms with Gasteiger partial charge in [0.25, 0.3) is 0 Å². The predicted molar refractivity (Wildman–Crippen MR) is 77.5 cm³/mol. The summed E-state index contributed by atoms with van der Waals surface area (Å²) in [4.78, 5) is 0. The van der Waals surface area contributed by atoms with Crippen molar-refractivity contribution in [2.24, 2.45) is 5.92 Å². The van der Waals surface area contributed by atoms with Crippen molar-refractivity contribution >= 4 is 11.3 Å². The maximum atomic E-state index is 12.6. The van der Waals surface area contributed by atoms with Gasteiger partial charge in [0.1, 0.15) is 10.0 Å². The third kappa shape index (κ3) is 4.92. The van der Waals surface area contributed by atoms with Gasteiger partial charge in [0.15, 0.2) is 0 Å². The molecule has 1 N–H and O–H groups in total. The Kier molecular flexibility index (Phi) is 5.98. The van der Waals surface area contributed by atoms with E-state index < -0.39 is 12.1 Å². The van der Waals surface area contributed by atoms with Gasteiger partial charge < -0.3 is 5.32 Å². The first-order valence-electron chi connectivity index (χ1n) is 7.60. The minimum Gasteiger partial charge on any atom is -0.317 e. The Morgan fingerprint density at radius 2 is 1.90 bits per heavy atom. The van der Waals surface area contributed by atoms with Crippen molar-refractivity contribution in [3.8, 4) is 0 Å². The monoisotopic (exact) mass is 321 g/mol. The predicted octanol–water partition coefficient (Wildman–Crippen LogP) is 3.92. The molecule has 0 aliphatic heterocycles. The molecule has 0 radical (unpaired) electrons. The molecule has 0 amide bonds. The Morgan fingerprint density at radius 1 is 1.19 bits per heavy atom. The Bertz CT molecular complexity index is 425. The van der Waals surface area contributed by atoms with Crippen LogP contribution in [-0.2, 0) is 6.42 Å². The summed E-state index contributed by atoms with van der Waals surface area (Å²) < 4.78 is 37.9. The molecule has 0 spiro atoms. The molecule has 21 heavy (non-hydrogen) atoms. The minimum absolute atomic E-state index is 0.170. The highest BCUT2D eigenvalue weighted by molar-refractivity contribution is 7.11. The first-order valence-corrected chi connectivity index (χ1v) is 8.42. The molecule has 0 unspecified atom stereocenters. The van der Waals surface area contributed by atoms with E-state index in [1.165, 1.54) is 0 Å². The van der Waals surface area contributed by atoms with Gasteiger partial charge in [-0.05, 0) is 45.2 Å². The smallest absolute Gasteiger partial charge is 0.317 e. The van der Waals surface area contributed by atoms with Crippen LogP contribution in [-0.4, -0.2) is 29.5 Å². The van der Waals surface area contributed by atoms with Crippen LogP contribution in [0.1, 0.15) is 55.0 Å². The number of hydrogen-bond acceptors (Lipinski definition) is 4. The number of rotatable bonds is 6. The molecule has 1 heterocycles. The minimum atomic E-state index is -4.04.